The van der Waals surface area contributed by atoms with Crippen LogP contribution in [-0.2, 0) is 44.8 Å². The van der Waals surface area contributed by atoms with Crippen molar-refractivity contribution in [2.75, 3.05) is 39.3 Å². The number of carbonyl (C=O) groups excluding carboxylic acids is 8. The number of amidine groups is 1. The lowest BCUT2D eigenvalue weighted by atomic mass is 10.0. The number of amides is 5. The summed E-state index contributed by atoms with van der Waals surface area (Å²) in [6.07, 6.45) is 39.8. The predicted octanol–water partition coefficient (Wildman–Crippen LogP) is 10.8. The monoisotopic (exact) mass is 1170 g/mol. The molecule has 2 atom stereocenters. The molecule has 19 nitrogen and oxygen atoms in total. The number of hydrogen-bond acceptors (Lipinski definition) is 13. The minimum Gasteiger partial charge on any atom is -0.460 e. The number of ether oxygens (including phenoxy) is 1. The molecule has 1 aromatic heterocycles. The zero-order valence-corrected chi connectivity index (χ0v) is 52.1. The van der Waals surface area contributed by atoms with Crippen molar-refractivity contribution >= 4 is 58.7 Å². The van der Waals surface area contributed by atoms with E-state index in [2.05, 4.69) is 45.1 Å². The molecule has 2 heterocycles. The van der Waals surface area contributed by atoms with Gasteiger partial charge in [0.25, 0.3) is 0 Å². The number of carbonyl (C=O) groups is 8. The lowest BCUT2D eigenvalue weighted by Crippen LogP contribution is -2.50. The lowest BCUT2D eigenvalue weighted by molar-refractivity contribution is -0.151. The summed E-state index contributed by atoms with van der Waals surface area (Å²) in [6, 6.07) is -0.987. The maximum absolute atomic E-state index is 13.6. The van der Waals surface area contributed by atoms with Gasteiger partial charge in [-0.2, -0.15) is 0 Å². The average Bonchev–Trinajstić information content (AvgIpc) is 3.93. The van der Waals surface area contributed by atoms with Crippen molar-refractivity contribution in [1.82, 2.24) is 35.7 Å². The van der Waals surface area contributed by atoms with Crippen molar-refractivity contribution in [1.29, 1.82) is 0 Å². The molecular weight excluding hydrogens is 1050 g/mol. The molecule has 8 N–H and O–H groups in total. The maximum atomic E-state index is 13.6. The first-order valence-corrected chi connectivity index (χ1v) is 33.0. The predicted molar refractivity (Wildman–Crippen MR) is 331 cm³/mol. The molecule has 0 aromatic carbocycles. The van der Waals surface area contributed by atoms with Crippen LogP contribution in [0.4, 0.5) is 5.82 Å². The summed E-state index contributed by atoms with van der Waals surface area (Å²) in [7, 11) is 0. The van der Waals surface area contributed by atoms with Gasteiger partial charge in [-0.25, -0.2) is 9.98 Å². The van der Waals surface area contributed by atoms with Crippen LogP contribution >= 0.6 is 0 Å². The molecule has 474 valence electrons. The van der Waals surface area contributed by atoms with Crippen LogP contribution in [0.1, 0.15) is 288 Å². The summed E-state index contributed by atoms with van der Waals surface area (Å²) < 4.78 is 7.21. The first-order valence-electron chi connectivity index (χ1n) is 33.0. The number of aliphatic imine (C=N–C) groups is 1. The van der Waals surface area contributed by atoms with Crippen molar-refractivity contribution in [3.05, 3.63) is 12.0 Å². The second-order valence-electron chi connectivity index (χ2n) is 23.1. The summed E-state index contributed by atoms with van der Waals surface area (Å²) >= 11 is 0. The van der Waals surface area contributed by atoms with Crippen molar-refractivity contribution in [3.63, 3.8) is 0 Å². The number of unbranched alkanes of at least 4 members (excludes halogenated alkanes) is 29. The fourth-order valence-corrected chi connectivity index (χ4v) is 10.4. The number of imidazole rings is 1. The van der Waals surface area contributed by atoms with E-state index in [1.54, 1.807) is 6.92 Å². The summed E-state index contributed by atoms with van der Waals surface area (Å²) in [5.41, 5.74) is 11.7. The van der Waals surface area contributed by atoms with E-state index < -0.39 is 41.7 Å². The zero-order valence-electron chi connectivity index (χ0n) is 52.1. The number of rotatable bonds is 55. The third kappa shape index (κ3) is 37.7. The first kappa shape index (κ1) is 73.9. The highest BCUT2D eigenvalue weighted by atomic mass is 16.5. The highest BCUT2D eigenvalue weighted by molar-refractivity contribution is 6.13. The van der Waals surface area contributed by atoms with Gasteiger partial charge in [-0.15, -0.1) is 0 Å². The molecule has 5 amide bonds. The number of fused-ring (bicyclic) bond motifs is 1. The largest absolute Gasteiger partial charge is 0.460 e. The van der Waals surface area contributed by atoms with E-state index in [-0.39, 0.29) is 106 Å². The molecule has 0 spiro atoms. The Hall–Kier alpha value is -5.20. The molecule has 2 rings (SSSR count). The Balaban J connectivity index is 1.90. The van der Waals surface area contributed by atoms with Gasteiger partial charge in [-0.1, -0.05) is 194 Å². The minimum absolute atomic E-state index is 0.0631. The van der Waals surface area contributed by atoms with E-state index in [0.717, 1.165) is 38.5 Å². The number of Topliss-reactive ketones (excluding diaryl/α,β-unsaturated/α-hetero) is 2. The van der Waals surface area contributed by atoms with Crippen LogP contribution in [0.3, 0.4) is 0 Å². The van der Waals surface area contributed by atoms with Crippen LogP contribution in [-0.4, -0.2) is 119 Å². The molecule has 1 aliphatic rings. The first-order chi connectivity index (χ1) is 40.3. The molecule has 0 saturated heterocycles. The van der Waals surface area contributed by atoms with Crippen LogP contribution in [0.25, 0.3) is 0 Å². The van der Waals surface area contributed by atoms with Gasteiger partial charge < -0.3 is 46.9 Å². The van der Waals surface area contributed by atoms with Crippen molar-refractivity contribution < 1.29 is 43.1 Å². The van der Waals surface area contributed by atoms with Gasteiger partial charge in [0.05, 0.1) is 32.3 Å². The molecule has 0 fully saturated rings. The number of likely N-dealkylation sites (N-methyl/N-ethyl adjacent to an activating group) is 1. The van der Waals surface area contributed by atoms with E-state index in [4.69, 9.17) is 16.2 Å². The molecule has 0 radical (unpaired) electrons. The average molecular weight is 1170 g/mol. The smallest absolute Gasteiger partial charge is 0.306 e. The van der Waals surface area contributed by atoms with Crippen molar-refractivity contribution in [2.45, 2.75) is 296 Å². The second-order valence-corrected chi connectivity index (χ2v) is 23.1. The minimum atomic E-state index is -0.987. The number of aromatic nitrogens is 2. The highest BCUT2D eigenvalue weighted by Gasteiger charge is 2.27. The Morgan fingerprint density at radius 3 is 1.66 bits per heavy atom. The van der Waals surface area contributed by atoms with Gasteiger partial charge in [0.1, 0.15) is 30.3 Å². The Kier molecular flexibility index (Phi) is 43.7. The van der Waals surface area contributed by atoms with Crippen LogP contribution in [0, 0.1) is 0 Å². The van der Waals surface area contributed by atoms with E-state index in [9.17, 15) is 38.4 Å². The number of nitrogens with two attached hydrogens (primary N) is 2. The van der Waals surface area contributed by atoms with Crippen LogP contribution in [0.15, 0.2) is 11.3 Å². The number of nitrogens with zero attached hydrogens (tertiary/aromatic N) is 4. The fourth-order valence-electron chi connectivity index (χ4n) is 10.4. The van der Waals surface area contributed by atoms with E-state index in [1.165, 1.54) is 170 Å². The summed E-state index contributed by atoms with van der Waals surface area (Å²) in [6.45, 7) is 6.30. The third-order valence-electron chi connectivity index (χ3n) is 15.5. The van der Waals surface area contributed by atoms with Gasteiger partial charge in [0, 0.05) is 45.3 Å². The molecule has 1 aromatic rings. The number of nitrogens with one attached hydrogen (secondary N) is 4. The van der Waals surface area contributed by atoms with Crippen LogP contribution in [0.5, 0.6) is 0 Å². The maximum Gasteiger partial charge on any atom is 0.306 e. The van der Waals surface area contributed by atoms with Crippen molar-refractivity contribution in [2.24, 2.45) is 16.5 Å². The third-order valence-corrected chi connectivity index (χ3v) is 15.5. The summed E-state index contributed by atoms with van der Waals surface area (Å²) in [4.78, 5) is 115. The number of ketones is 2. The van der Waals surface area contributed by atoms with Crippen LogP contribution in [0.2, 0.25) is 0 Å². The number of esters is 1. The molecule has 19 heteroatoms. The fraction of sp³-hybridized carbons (Fsp3) is 0.812. The Morgan fingerprint density at radius 2 is 1.13 bits per heavy atom. The SMILES string of the molecule is CCCCCCCCCCCCCCCCCC(=O)CCC(CNC(=O)CCCCCCCCCCCCCCCCC)OC(=O)CCC(=O)NC(CCCCN)C(=O)NCCN(CC(=O)NCC)C(=O)Cn1cnc2c1N=C(N)CC2=O. The van der Waals surface area contributed by atoms with E-state index in [0.29, 0.717) is 38.8 Å². The molecule has 2 unspecified atom stereocenters. The molecule has 0 bridgehead atoms. The lowest BCUT2D eigenvalue weighted by Gasteiger charge is -2.24. The highest BCUT2D eigenvalue weighted by Crippen LogP contribution is 2.24. The van der Waals surface area contributed by atoms with Gasteiger partial charge in [-0.05, 0) is 52.0 Å². The zero-order chi connectivity index (χ0) is 60.6. The normalized spacial score (nSPS) is 12.7. The number of hydrogen-bond donors (Lipinski definition) is 6. The summed E-state index contributed by atoms with van der Waals surface area (Å²) in [5, 5.41) is 11.1. The van der Waals surface area contributed by atoms with Gasteiger partial charge >= 0.3 is 5.97 Å². The molecule has 0 aliphatic carbocycles. The van der Waals surface area contributed by atoms with E-state index in [1.807, 2.05) is 0 Å². The van der Waals surface area contributed by atoms with Gasteiger partial charge in [-0.3, -0.25) is 38.4 Å². The Labute approximate surface area is 499 Å². The summed E-state index contributed by atoms with van der Waals surface area (Å²) in [5.74, 6) is -2.76. The van der Waals surface area contributed by atoms with Crippen LogP contribution < -0.4 is 32.7 Å². The quantitative estimate of drug-likeness (QED) is 0.0262. The Bertz CT molecular complexity index is 1960. The standard InChI is InChI=1S/C64H114N10O9/c1-4-7-9-11-13-15-17-19-21-23-25-27-29-31-33-37-52(75)40-41-53(48-69-57(77)39-34-32-30-28-26-24-22-20-18-16-14-12-10-8-5-2)83-61(81)43-42-58(78)71-54(38-35-36-44-65)64(82)68-45-46-73(49-59(79)67-6-3)60(80)50-74-51-70-62-55(76)47-56(66)72-63(62)74/h51,53-54H,4-50,65H2,1-3H3,(H2,66,72)(H,67,79)(H,68,82)(H,69,77)(H,71,78). The molecule has 1 aliphatic heterocycles. The molecule has 0 saturated carbocycles. The second kappa shape index (κ2) is 49.1. The Morgan fingerprint density at radius 1 is 0.602 bits per heavy atom. The van der Waals surface area contributed by atoms with Gasteiger partial charge in [0.15, 0.2) is 17.3 Å². The van der Waals surface area contributed by atoms with Gasteiger partial charge in [0.2, 0.25) is 29.5 Å². The topological polar surface area (TPSA) is 279 Å². The van der Waals surface area contributed by atoms with E-state index >= 15 is 0 Å². The molecule has 83 heavy (non-hydrogen) atoms. The van der Waals surface area contributed by atoms with Crippen molar-refractivity contribution in [3.8, 4) is 0 Å². The molecular formula is C64H114N10O9.